The molecule has 1 heterocycles. The normalized spacial score (nSPS) is 12.2. The number of nitriles is 1. The zero-order valence-corrected chi connectivity index (χ0v) is 7.25. The lowest BCUT2D eigenvalue weighted by Crippen LogP contribution is -2.14. The number of rotatable bonds is 2. The molecule has 6 heteroatoms. The maximum Gasteiger partial charge on any atom is 0.251 e. The monoisotopic (exact) mass is 188 g/mol. The van der Waals surface area contributed by atoms with Crippen LogP contribution in [0.1, 0.15) is 0 Å². The summed E-state index contributed by atoms with van der Waals surface area (Å²) in [6.07, 6.45) is 4.14. The van der Waals surface area contributed by atoms with Crippen molar-refractivity contribution >= 4 is 11.8 Å². The topological polar surface area (TPSA) is 114 Å². The number of hydrogen-bond donors (Lipinski definition) is 2. The van der Waals surface area contributed by atoms with E-state index in [9.17, 15) is 0 Å². The van der Waals surface area contributed by atoms with E-state index in [4.69, 9.17) is 16.7 Å². The summed E-state index contributed by atoms with van der Waals surface area (Å²) in [5.74, 6) is 0.195. The first-order chi connectivity index (χ1) is 6.77. The van der Waals surface area contributed by atoms with E-state index >= 15 is 0 Å². The van der Waals surface area contributed by atoms with E-state index in [1.807, 2.05) is 0 Å². The van der Waals surface area contributed by atoms with Crippen molar-refractivity contribution in [2.45, 2.75) is 0 Å². The number of amidine groups is 1. The van der Waals surface area contributed by atoms with Gasteiger partial charge in [0.05, 0.1) is 0 Å². The Morgan fingerprint density at radius 2 is 2.14 bits per heavy atom. The molecule has 6 nitrogen and oxygen atoms in total. The molecule has 0 spiro atoms. The standard InChI is InChI=1S/C8H8N6/c9-4-6(5-10)7(11)14-8-12-2-1-3-13-8/h1-4H,9H2,(H2,11,12,13,14). The van der Waals surface area contributed by atoms with Crippen LogP contribution in [0.2, 0.25) is 0 Å². The molecule has 70 valence electrons. The molecule has 0 atom stereocenters. The summed E-state index contributed by atoms with van der Waals surface area (Å²) in [6.45, 7) is 0. The Morgan fingerprint density at radius 3 is 2.64 bits per heavy atom. The number of aromatic nitrogens is 2. The van der Waals surface area contributed by atoms with Gasteiger partial charge in [-0.2, -0.15) is 10.3 Å². The van der Waals surface area contributed by atoms with Crippen molar-refractivity contribution in [1.82, 2.24) is 9.97 Å². The van der Waals surface area contributed by atoms with Gasteiger partial charge < -0.3 is 11.5 Å². The Hall–Kier alpha value is -2.42. The predicted molar refractivity (Wildman–Crippen MR) is 51.2 cm³/mol. The summed E-state index contributed by atoms with van der Waals surface area (Å²) in [4.78, 5) is 11.4. The molecule has 0 radical (unpaired) electrons. The zero-order chi connectivity index (χ0) is 10.4. The summed E-state index contributed by atoms with van der Waals surface area (Å²) < 4.78 is 0. The van der Waals surface area contributed by atoms with Gasteiger partial charge in [0.1, 0.15) is 17.5 Å². The van der Waals surface area contributed by atoms with Crippen LogP contribution in [-0.4, -0.2) is 15.8 Å². The van der Waals surface area contributed by atoms with Crippen LogP contribution in [0.25, 0.3) is 0 Å². The van der Waals surface area contributed by atoms with Crippen molar-refractivity contribution in [2.75, 3.05) is 0 Å². The second-order valence-electron chi connectivity index (χ2n) is 2.24. The average Bonchev–Trinajstić information content (AvgIpc) is 2.21. The van der Waals surface area contributed by atoms with Crippen LogP contribution in [0.5, 0.6) is 0 Å². The van der Waals surface area contributed by atoms with E-state index in [0.717, 1.165) is 6.20 Å². The quantitative estimate of drug-likeness (QED) is 0.380. The van der Waals surface area contributed by atoms with Crippen molar-refractivity contribution in [2.24, 2.45) is 16.5 Å². The van der Waals surface area contributed by atoms with Gasteiger partial charge in [-0.05, 0) is 6.07 Å². The number of hydrogen-bond acceptors (Lipinski definition) is 5. The number of aliphatic imine (C=N–C) groups is 1. The molecular weight excluding hydrogens is 180 g/mol. The maximum absolute atomic E-state index is 8.57. The van der Waals surface area contributed by atoms with Crippen molar-refractivity contribution in [3.8, 4) is 6.07 Å². The van der Waals surface area contributed by atoms with Crippen molar-refractivity contribution in [1.29, 1.82) is 5.26 Å². The van der Waals surface area contributed by atoms with E-state index in [-0.39, 0.29) is 17.4 Å². The van der Waals surface area contributed by atoms with Crippen LogP contribution in [0.15, 0.2) is 35.2 Å². The third-order valence-electron chi connectivity index (χ3n) is 1.34. The molecule has 0 saturated heterocycles. The molecule has 0 bridgehead atoms. The van der Waals surface area contributed by atoms with E-state index in [2.05, 4.69) is 15.0 Å². The highest BCUT2D eigenvalue weighted by Gasteiger charge is 2.01. The lowest BCUT2D eigenvalue weighted by atomic mass is 10.3. The fourth-order valence-corrected chi connectivity index (χ4v) is 0.697. The molecule has 0 fully saturated rings. The van der Waals surface area contributed by atoms with Crippen LogP contribution >= 0.6 is 0 Å². The highest BCUT2D eigenvalue weighted by Crippen LogP contribution is 2.01. The van der Waals surface area contributed by atoms with E-state index in [1.54, 1.807) is 12.1 Å². The summed E-state index contributed by atoms with van der Waals surface area (Å²) in [5, 5.41) is 8.57. The van der Waals surface area contributed by atoms with Crippen LogP contribution in [-0.2, 0) is 0 Å². The summed E-state index contributed by atoms with van der Waals surface area (Å²) >= 11 is 0. The van der Waals surface area contributed by atoms with Gasteiger partial charge in [-0.3, -0.25) is 0 Å². The lowest BCUT2D eigenvalue weighted by molar-refractivity contribution is 1.13. The van der Waals surface area contributed by atoms with Crippen LogP contribution in [0, 0.1) is 11.3 Å². The van der Waals surface area contributed by atoms with Crippen LogP contribution in [0.3, 0.4) is 0 Å². The van der Waals surface area contributed by atoms with E-state index < -0.39 is 0 Å². The maximum atomic E-state index is 8.57. The minimum atomic E-state index is 0.00111. The molecule has 1 aromatic heterocycles. The SMILES string of the molecule is N#CC(=CN)C(N)=Nc1ncccn1. The molecule has 0 aliphatic rings. The summed E-state index contributed by atoms with van der Waals surface area (Å²) in [7, 11) is 0. The Balaban J connectivity index is 2.96. The minimum absolute atomic E-state index is 0.00111. The molecule has 0 aliphatic heterocycles. The molecule has 0 unspecified atom stereocenters. The van der Waals surface area contributed by atoms with Crippen molar-refractivity contribution < 1.29 is 0 Å². The van der Waals surface area contributed by atoms with Gasteiger partial charge in [-0.25, -0.2) is 9.97 Å². The molecule has 4 N–H and O–H groups in total. The highest BCUT2D eigenvalue weighted by atomic mass is 15.1. The van der Waals surface area contributed by atoms with Gasteiger partial charge in [-0.1, -0.05) is 0 Å². The first-order valence-corrected chi connectivity index (χ1v) is 3.71. The van der Waals surface area contributed by atoms with Gasteiger partial charge >= 0.3 is 0 Å². The third-order valence-corrected chi connectivity index (χ3v) is 1.34. The minimum Gasteiger partial charge on any atom is -0.403 e. The predicted octanol–water partition coefficient (Wildman–Crippen LogP) is -0.169. The van der Waals surface area contributed by atoms with Crippen LogP contribution < -0.4 is 11.5 Å². The first kappa shape index (κ1) is 9.67. The Kier molecular flexibility index (Phi) is 3.15. The van der Waals surface area contributed by atoms with Gasteiger partial charge in [0.15, 0.2) is 0 Å². The van der Waals surface area contributed by atoms with Gasteiger partial charge in [-0.15, -0.1) is 0 Å². The van der Waals surface area contributed by atoms with Gasteiger partial charge in [0.2, 0.25) is 0 Å². The second-order valence-corrected chi connectivity index (χ2v) is 2.24. The molecule has 1 rings (SSSR count). The molecule has 0 amide bonds. The first-order valence-electron chi connectivity index (χ1n) is 3.71. The molecule has 0 aliphatic carbocycles. The van der Waals surface area contributed by atoms with Gasteiger partial charge in [0, 0.05) is 18.6 Å². The molecule has 0 saturated carbocycles. The summed E-state index contributed by atoms with van der Waals surface area (Å²) in [5.41, 5.74) is 10.7. The smallest absolute Gasteiger partial charge is 0.251 e. The Morgan fingerprint density at radius 1 is 1.50 bits per heavy atom. The fourth-order valence-electron chi connectivity index (χ4n) is 0.697. The lowest BCUT2D eigenvalue weighted by Gasteiger charge is -1.95. The number of nitrogens with two attached hydrogens (primary N) is 2. The second kappa shape index (κ2) is 4.57. The average molecular weight is 188 g/mol. The molecule has 0 aromatic carbocycles. The third kappa shape index (κ3) is 2.28. The largest absolute Gasteiger partial charge is 0.403 e. The van der Waals surface area contributed by atoms with Gasteiger partial charge in [0.25, 0.3) is 5.95 Å². The van der Waals surface area contributed by atoms with Crippen LogP contribution in [0.4, 0.5) is 5.95 Å². The fraction of sp³-hybridized carbons (Fsp3) is 0. The molecule has 14 heavy (non-hydrogen) atoms. The van der Waals surface area contributed by atoms with Crippen molar-refractivity contribution in [3.05, 3.63) is 30.2 Å². The zero-order valence-electron chi connectivity index (χ0n) is 7.25. The van der Waals surface area contributed by atoms with E-state index in [1.165, 1.54) is 12.4 Å². The molecular formula is C8H8N6. The Labute approximate surface area is 80.6 Å². The van der Waals surface area contributed by atoms with Crippen molar-refractivity contribution in [3.63, 3.8) is 0 Å². The molecule has 1 aromatic rings. The summed E-state index contributed by atoms with van der Waals surface area (Å²) in [6, 6.07) is 3.45. The van der Waals surface area contributed by atoms with E-state index in [0.29, 0.717) is 0 Å². The Bertz CT molecular complexity index is 400. The number of nitrogens with zero attached hydrogens (tertiary/aromatic N) is 4. The highest BCUT2D eigenvalue weighted by molar-refractivity contribution is 6.01.